The number of fused-ring (bicyclic) bond motifs is 1. The van der Waals surface area contributed by atoms with Crippen LogP contribution in [-0.4, -0.2) is 9.55 Å². The maximum Gasteiger partial charge on any atom is 0.178 e. The van der Waals surface area contributed by atoms with E-state index in [0.717, 1.165) is 10.3 Å². The third kappa shape index (κ3) is 1.97. The van der Waals surface area contributed by atoms with Crippen LogP contribution in [0.1, 0.15) is 20.8 Å². The van der Waals surface area contributed by atoms with Gasteiger partial charge in [0.05, 0.1) is 11.0 Å². The number of nitrogens with zero attached hydrogens (tertiary/aromatic N) is 1. The maximum atomic E-state index is 5.35. The standard InChI is InChI=1S/C11H13IN2S/c1-11(2,3)14-9-5-4-7(12)6-8(9)13-10(14)15/h4-6H,1-3H3,(H,13,15). The quantitative estimate of drug-likeness (QED) is 0.570. The third-order valence-electron chi connectivity index (χ3n) is 2.32. The third-order valence-corrected chi connectivity index (χ3v) is 3.27. The van der Waals surface area contributed by atoms with Crippen molar-refractivity contribution in [2.45, 2.75) is 26.3 Å². The lowest BCUT2D eigenvalue weighted by molar-refractivity contribution is 0.404. The maximum absolute atomic E-state index is 5.35. The van der Waals surface area contributed by atoms with Gasteiger partial charge >= 0.3 is 0 Å². The largest absolute Gasteiger partial charge is 0.331 e. The molecule has 0 saturated heterocycles. The van der Waals surface area contributed by atoms with Crippen molar-refractivity contribution in [3.8, 4) is 0 Å². The molecule has 80 valence electrons. The number of benzene rings is 1. The van der Waals surface area contributed by atoms with Crippen LogP contribution < -0.4 is 0 Å². The molecule has 0 spiro atoms. The predicted molar refractivity (Wildman–Crippen MR) is 74.8 cm³/mol. The van der Waals surface area contributed by atoms with Crippen LogP contribution in [-0.2, 0) is 5.54 Å². The lowest BCUT2D eigenvalue weighted by atomic mass is 10.1. The van der Waals surface area contributed by atoms with Crippen LogP contribution in [0.25, 0.3) is 11.0 Å². The van der Waals surface area contributed by atoms with Crippen molar-refractivity contribution in [1.82, 2.24) is 9.55 Å². The van der Waals surface area contributed by atoms with E-state index in [-0.39, 0.29) is 5.54 Å². The van der Waals surface area contributed by atoms with Crippen LogP contribution in [0.15, 0.2) is 18.2 Å². The highest BCUT2D eigenvalue weighted by Gasteiger charge is 2.17. The molecule has 4 heteroatoms. The Labute approximate surface area is 108 Å². The van der Waals surface area contributed by atoms with E-state index in [1.54, 1.807) is 0 Å². The second kappa shape index (κ2) is 3.59. The molecule has 15 heavy (non-hydrogen) atoms. The van der Waals surface area contributed by atoms with Crippen LogP contribution in [0.3, 0.4) is 0 Å². The molecule has 1 N–H and O–H groups in total. The van der Waals surface area contributed by atoms with Crippen molar-refractivity contribution >= 4 is 45.8 Å². The smallest absolute Gasteiger partial charge is 0.178 e. The fourth-order valence-corrected chi connectivity index (χ4v) is 2.72. The number of nitrogens with one attached hydrogen (secondary N) is 1. The normalized spacial score (nSPS) is 12.3. The zero-order valence-corrected chi connectivity index (χ0v) is 11.9. The first-order valence-corrected chi connectivity index (χ1v) is 6.29. The molecule has 2 nitrogen and oxygen atoms in total. The molecule has 0 fully saturated rings. The molecule has 0 bridgehead atoms. The molecule has 2 rings (SSSR count). The van der Waals surface area contributed by atoms with E-state index in [4.69, 9.17) is 12.2 Å². The van der Waals surface area contributed by atoms with Gasteiger partial charge in [0.2, 0.25) is 0 Å². The SMILES string of the molecule is CC(C)(C)n1c(=S)[nH]c2cc(I)ccc21. The summed E-state index contributed by atoms with van der Waals surface area (Å²) in [5.74, 6) is 0. The van der Waals surface area contributed by atoms with Gasteiger partial charge in [-0.3, -0.25) is 0 Å². The summed E-state index contributed by atoms with van der Waals surface area (Å²) in [6, 6.07) is 6.34. The van der Waals surface area contributed by atoms with Gasteiger partial charge in [0.1, 0.15) is 0 Å². The molecule has 0 aliphatic heterocycles. The lowest BCUT2D eigenvalue weighted by Crippen LogP contribution is -2.21. The van der Waals surface area contributed by atoms with Crippen LogP contribution >= 0.6 is 34.8 Å². The van der Waals surface area contributed by atoms with Gasteiger partial charge in [0.25, 0.3) is 0 Å². The number of rotatable bonds is 0. The summed E-state index contributed by atoms with van der Waals surface area (Å²) < 4.78 is 4.17. The molecule has 0 saturated carbocycles. The number of imidazole rings is 1. The zero-order valence-electron chi connectivity index (χ0n) is 8.97. The van der Waals surface area contributed by atoms with Gasteiger partial charge in [0.15, 0.2) is 4.77 Å². The Morgan fingerprint density at radius 1 is 1.33 bits per heavy atom. The lowest BCUT2D eigenvalue weighted by Gasteiger charge is -2.21. The highest BCUT2D eigenvalue weighted by atomic mass is 127. The Kier molecular flexibility index (Phi) is 2.66. The molecule has 1 heterocycles. The molecular formula is C11H13IN2S. The minimum Gasteiger partial charge on any atom is -0.331 e. The average Bonchev–Trinajstić information content (AvgIpc) is 2.38. The number of H-pyrrole nitrogens is 1. The summed E-state index contributed by atoms with van der Waals surface area (Å²) in [5.41, 5.74) is 2.30. The number of aromatic nitrogens is 2. The number of hydrogen-bond acceptors (Lipinski definition) is 1. The molecule has 0 amide bonds. The zero-order chi connectivity index (χ0) is 11.2. The number of aromatic amines is 1. The van der Waals surface area contributed by atoms with E-state index in [1.165, 1.54) is 9.09 Å². The van der Waals surface area contributed by atoms with Crippen molar-refractivity contribution in [1.29, 1.82) is 0 Å². The monoisotopic (exact) mass is 332 g/mol. The van der Waals surface area contributed by atoms with Gasteiger partial charge in [-0.05, 0) is 73.8 Å². The molecule has 0 aliphatic carbocycles. The first-order chi connectivity index (χ1) is 6.89. The Morgan fingerprint density at radius 3 is 2.60 bits per heavy atom. The molecule has 2 aromatic rings. The van der Waals surface area contributed by atoms with Crippen molar-refractivity contribution in [3.05, 3.63) is 26.5 Å². The molecule has 0 aliphatic rings. The van der Waals surface area contributed by atoms with Crippen molar-refractivity contribution < 1.29 is 0 Å². The van der Waals surface area contributed by atoms with E-state index < -0.39 is 0 Å². The highest BCUT2D eigenvalue weighted by molar-refractivity contribution is 14.1. The fraction of sp³-hybridized carbons (Fsp3) is 0.364. The Balaban J connectivity index is 2.86. The van der Waals surface area contributed by atoms with Gasteiger partial charge < -0.3 is 9.55 Å². The summed E-state index contributed by atoms with van der Waals surface area (Å²) >= 11 is 7.66. The Hall–Kier alpha value is -0.360. The molecule has 1 aromatic heterocycles. The first-order valence-electron chi connectivity index (χ1n) is 4.80. The van der Waals surface area contributed by atoms with Gasteiger partial charge in [-0.25, -0.2) is 0 Å². The van der Waals surface area contributed by atoms with Crippen LogP contribution in [0, 0.1) is 8.34 Å². The van der Waals surface area contributed by atoms with E-state index in [9.17, 15) is 0 Å². The van der Waals surface area contributed by atoms with Crippen LogP contribution in [0.2, 0.25) is 0 Å². The molecular weight excluding hydrogens is 319 g/mol. The van der Waals surface area contributed by atoms with E-state index in [1.807, 2.05) is 0 Å². The number of hydrogen-bond donors (Lipinski definition) is 1. The van der Waals surface area contributed by atoms with Crippen LogP contribution in [0.5, 0.6) is 0 Å². The Bertz CT molecular complexity index is 560. The molecule has 1 aromatic carbocycles. The van der Waals surface area contributed by atoms with Crippen molar-refractivity contribution in [2.24, 2.45) is 0 Å². The van der Waals surface area contributed by atoms with Crippen molar-refractivity contribution in [2.75, 3.05) is 0 Å². The first kappa shape index (κ1) is 11.1. The van der Waals surface area contributed by atoms with Gasteiger partial charge in [-0.15, -0.1) is 0 Å². The summed E-state index contributed by atoms with van der Waals surface area (Å²) in [6.07, 6.45) is 0. The Morgan fingerprint density at radius 2 is 2.00 bits per heavy atom. The van der Waals surface area contributed by atoms with Crippen LogP contribution in [0.4, 0.5) is 0 Å². The summed E-state index contributed by atoms with van der Waals surface area (Å²) in [6.45, 7) is 6.48. The van der Waals surface area contributed by atoms with E-state index in [2.05, 4.69) is 71.1 Å². The minimum atomic E-state index is 0.0160. The summed E-state index contributed by atoms with van der Waals surface area (Å²) in [7, 11) is 0. The second-order valence-electron chi connectivity index (χ2n) is 4.60. The summed E-state index contributed by atoms with van der Waals surface area (Å²) in [5, 5.41) is 0. The predicted octanol–water partition coefficient (Wildman–Crippen LogP) is 4.06. The molecule has 0 atom stereocenters. The van der Waals surface area contributed by atoms with Gasteiger partial charge in [0, 0.05) is 9.11 Å². The molecule has 0 unspecified atom stereocenters. The van der Waals surface area contributed by atoms with Gasteiger partial charge in [-0.2, -0.15) is 0 Å². The average molecular weight is 332 g/mol. The number of halogens is 1. The fourth-order valence-electron chi connectivity index (χ4n) is 1.75. The minimum absolute atomic E-state index is 0.0160. The molecule has 0 radical (unpaired) electrons. The van der Waals surface area contributed by atoms with E-state index >= 15 is 0 Å². The van der Waals surface area contributed by atoms with Gasteiger partial charge in [-0.1, -0.05) is 0 Å². The second-order valence-corrected chi connectivity index (χ2v) is 6.23. The highest BCUT2D eigenvalue weighted by Crippen LogP contribution is 2.24. The van der Waals surface area contributed by atoms with E-state index in [0.29, 0.717) is 0 Å². The van der Waals surface area contributed by atoms with Crippen molar-refractivity contribution in [3.63, 3.8) is 0 Å². The summed E-state index contributed by atoms with van der Waals surface area (Å²) in [4.78, 5) is 3.25. The topological polar surface area (TPSA) is 20.7 Å².